The fraction of sp³-hybridized carbons (Fsp3) is 0.562. The molecule has 0 aliphatic heterocycles. The van der Waals surface area contributed by atoms with E-state index in [1.54, 1.807) is 0 Å². The Bertz CT molecular complexity index is 673. The summed E-state index contributed by atoms with van der Waals surface area (Å²) in [5, 5.41) is 11.4. The van der Waals surface area contributed by atoms with E-state index in [4.69, 9.17) is 4.52 Å². The molecule has 2 aromatic heterocycles. The van der Waals surface area contributed by atoms with Gasteiger partial charge in [0.1, 0.15) is 5.76 Å². The molecule has 1 aliphatic rings. The molecule has 2 aromatic rings. The van der Waals surface area contributed by atoms with Gasteiger partial charge >= 0.3 is 0 Å². The third-order valence-electron chi connectivity index (χ3n) is 4.28. The highest BCUT2D eigenvalue weighted by atomic mass is 16.5. The Hall–Kier alpha value is -2.11. The SMILES string of the molecule is CCn1ccc(C(C)NC(=O)c2noc3c2CC(C)CC3)n1. The van der Waals surface area contributed by atoms with Crippen LogP contribution in [0.2, 0.25) is 0 Å². The molecule has 6 nitrogen and oxygen atoms in total. The number of nitrogens with zero attached hydrogens (tertiary/aromatic N) is 3. The number of hydrogen-bond acceptors (Lipinski definition) is 4. The first kappa shape index (κ1) is 14.8. The molecule has 0 aromatic carbocycles. The lowest BCUT2D eigenvalue weighted by molar-refractivity contribution is 0.0929. The molecule has 3 rings (SSSR count). The summed E-state index contributed by atoms with van der Waals surface area (Å²) in [4.78, 5) is 12.5. The molecule has 2 atom stereocenters. The number of carbonyl (C=O) groups is 1. The van der Waals surface area contributed by atoms with Gasteiger partial charge in [0.2, 0.25) is 0 Å². The number of carbonyl (C=O) groups excluding carboxylic acids is 1. The molecule has 0 radical (unpaired) electrons. The van der Waals surface area contributed by atoms with Crippen LogP contribution >= 0.6 is 0 Å². The first-order valence-corrected chi connectivity index (χ1v) is 7.90. The van der Waals surface area contributed by atoms with Crippen molar-refractivity contribution in [2.45, 2.75) is 52.6 Å². The Kier molecular flexibility index (Phi) is 4.00. The first-order chi connectivity index (χ1) is 10.6. The fourth-order valence-corrected chi connectivity index (χ4v) is 2.88. The zero-order chi connectivity index (χ0) is 15.7. The highest BCUT2D eigenvalue weighted by Crippen LogP contribution is 2.28. The normalized spacial score (nSPS) is 18.8. The zero-order valence-electron chi connectivity index (χ0n) is 13.3. The largest absolute Gasteiger partial charge is 0.360 e. The molecule has 1 amide bonds. The number of aryl methyl sites for hydroxylation is 2. The van der Waals surface area contributed by atoms with Gasteiger partial charge in [0.25, 0.3) is 5.91 Å². The molecule has 22 heavy (non-hydrogen) atoms. The van der Waals surface area contributed by atoms with Crippen molar-refractivity contribution in [3.8, 4) is 0 Å². The summed E-state index contributed by atoms with van der Waals surface area (Å²) in [6.07, 6.45) is 4.74. The molecule has 1 aliphatic carbocycles. The van der Waals surface area contributed by atoms with E-state index in [1.165, 1.54) is 0 Å². The molecule has 118 valence electrons. The summed E-state index contributed by atoms with van der Waals surface area (Å²) in [7, 11) is 0. The highest BCUT2D eigenvalue weighted by Gasteiger charge is 2.27. The van der Waals surface area contributed by atoms with Gasteiger partial charge in [-0.2, -0.15) is 5.10 Å². The Morgan fingerprint density at radius 3 is 3.14 bits per heavy atom. The summed E-state index contributed by atoms with van der Waals surface area (Å²) in [6.45, 7) is 6.96. The van der Waals surface area contributed by atoms with Gasteiger partial charge in [-0.15, -0.1) is 0 Å². The second-order valence-electron chi connectivity index (χ2n) is 6.07. The Morgan fingerprint density at radius 1 is 1.59 bits per heavy atom. The summed E-state index contributed by atoms with van der Waals surface area (Å²) in [5.41, 5.74) is 2.26. The van der Waals surface area contributed by atoms with Crippen LogP contribution in [0.4, 0.5) is 0 Å². The third kappa shape index (κ3) is 2.77. The smallest absolute Gasteiger partial charge is 0.274 e. The Morgan fingerprint density at radius 2 is 2.41 bits per heavy atom. The van der Waals surface area contributed by atoms with Crippen LogP contribution in [0.15, 0.2) is 16.8 Å². The van der Waals surface area contributed by atoms with Gasteiger partial charge in [-0.1, -0.05) is 12.1 Å². The van der Waals surface area contributed by atoms with E-state index in [9.17, 15) is 4.79 Å². The van der Waals surface area contributed by atoms with Gasteiger partial charge in [-0.3, -0.25) is 9.48 Å². The van der Waals surface area contributed by atoms with Crippen molar-refractivity contribution in [1.29, 1.82) is 0 Å². The molecular weight excluding hydrogens is 280 g/mol. The average molecular weight is 302 g/mol. The van der Waals surface area contributed by atoms with Crippen LogP contribution in [0.25, 0.3) is 0 Å². The van der Waals surface area contributed by atoms with Gasteiger partial charge in [0.05, 0.1) is 11.7 Å². The molecule has 0 spiro atoms. The van der Waals surface area contributed by atoms with Gasteiger partial charge in [0.15, 0.2) is 5.69 Å². The minimum Gasteiger partial charge on any atom is -0.360 e. The van der Waals surface area contributed by atoms with Crippen molar-refractivity contribution in [1.82, 2.24) is 20.3 Å². The van der Waals surface area contributed by atoms with Crippen LogP contribution in [-0.4, -0.2) is 20.8 Å². The standard InChI is InChI=1S/C16H22N4O2/c1-4-20-8-7-13(18-20)11(3)17-16(21)15-12-9-10(2)5-6-14(12)22-19-15/h7-8,10-11H,4-6,9H2,1-3H3,(H,17,21). The third-order valence-corrected chi connectivity index (χ3v) is 4.28. The van der Waals surface area contributed by atoms with Crippen LogP contribution in [0, 0.1) is 5.92 Å². The Labute approximate surface area is 129 Å². The van der Waals surface area contributed by atoms with Crippen LogP contribution in [0.3, 0.4) is 0 Å². The predicted octanol–water partition coefficient (Wildman–Crippen LogP) is 2.51. The molecule has 0 fully saturated rings. The maximum absolute atomic E-state index is 12.5. The predicted molar refractivity (Wildman–Crippen MR) is 81.5 cm³/mol. The minimum absolute atomic E-state index is 0.159. The summed E-state index contributed by atoms with van der Waals surface area (Å²) < 4.78 is 7.18. The number of amides is 1. The second-order valence-corrected chi connectivity index (χ2v) is 6.07. The fourth-order valence-electron chi connectivity index (χ4n) is 2.88. The van der Waals surface area contributed by atoms with Crippen molar-refractivity contribution in [2.75, 3.05) is 0 Å². The van der Waals surface area contributed by atoms with Crippen LogP contribution in [0.5, 0.6) is 0 Å². The second kappa shape index (κ2) is 5.94. The number of hydrogen-bond donors (Lipinski definition) is 1. The lowest BCUT2D eigenvalue weighted by Gasteiger charge is -2.17. The Balaban J connectivity index is 1.73. The van der Waals surface area contributed by atoms with Crippen LogP contribution < -0.4 is 5.32 Å². The van der Waals surface area contributed by atoms with E-state index >= 15 is 0 Å². The van der Waals surface area contributed by atoms with Crippen LogP contribution in [0.1, 0.15) is 60.7 Å². The van der Waals surface area contributed by atoms with Gasteiger partial charge < -0.3 is 9.84 Å². The van der Waals surface area contributed by atoms with Crippen molar-refractivity contribution in [3.63, 3.8) is 0 Å². The van der Waals surface area contributed by atoms with E-state index in [0.717, 1.165) is 42.8 Å². The molecule has 0 saturated carbocycles. The van der Waals surface area contributed by atoms with E-state index in [-0.39, 0.29) is 11.9 Å². The van der Waals surface area contributed by atoms with Gasteiger partial charge in [-0.05, 0) is 38.7 Å². The monoisotopic (exact) mass is 302 g/mol. The van der Waals surface area contributed by atoms with Gasteiger partial charge in [0, 0.05) is 24.7 Å². The maximum Gasteiger partial charge on any atom is 0.274 e. The zero-order valence-corrected chi connectivity index (χ0v) is 13.3. The van der Waals surface area contributed by atoms with Crippen molar-refractivity contribution in [2.24, 2.45) is 5.92 Å². The van der Waals surface area contributed by atoms with E-state index in [2.05, 4.69) is 22.5 Å². The average Bonchev–Trinajstić information content (AvgIpc) is 3.13. The van der Waals surface area contributed by atoms with Gasteiger partial charge in [-0.25, -0.2) is 0 Å². The number of rotatable bonds is 4. The van der Waals surface area contributed by atoms with E-state index in [0.29, 0.717) is 11.6 Å². The van der Waals surface area contributed by atoms with Crippen molar-refractivity contribution in [3.05, 3.63) is 35.0 Å². The maximum atomic E-state index is 12.5. The molecule has 0 saturated heterocycles. The quantitative estimate of drug-likeness (QED) is 0.942. The summed E-state index contributed by atoms with van der Waals surface area (Å²) >= 11 is 0. The van der Waals surface area contributed by atoms with Crippen molar-refractivity contribution >= 4 is 5.91 Å². The molecule has 1 N–H and O–H groups in total. The first-order valence-electron chi connectivity index (χ1n) is 7.90. The topological polar surface area (TPSA) is 73.0 Å². The lowest BCUT2D eigenvalue weighted by atomic mass is 9.88. The van der Waals surface area contributed by atoms with E-state index < -0.39 is 0 Å². The summed E-state index contributed by atoms with van der Waals surface area (Å²) in [6, 6.07) is 1.77. The number of nitrogens with one attached hydrogen (secondary N) is 1. The highest BCUT2D eigenvalue weighted by molar-refractivity contribution is 5.94. The van der Waals surface area contributed by atoms with E-state index in [1.807, 2.05) is 30.8 Å². The molecular formula is C16H22N4O2. The number of aromatic nitrogens is 3. The van der Waals surface area contributed by atoms with Crippen LogP contribution in [-0.2, 0) is 19.4 Å². The molecule has 2 heterocycles. The van der Waals surface area contributed by atoms with Crippen molar-refractivity contribution < 1.29 is 9.32 Å². The summed E-state index contributed by atoms with van der Waals surface area (Å²) in [5.74, 6) is 1.25. The lowest BCUT2D eigenvalue weighted by Crippen LogP contribution is -2.28. The molecule has 0 bridgehead atoms. The molecule has 2 unspecified atom stereocenters. The minimum atomic E-state index is -0.183. The molecule has 6 heteroatoms. The number of fused-ring (bicyclic) bond motifs is 1.